The van der Waals surface area contributed by atoms with Gasteiger partial charge in [0.1, 0.15) is 11.5 Å². The molecule has 0 spiro atoms. The van der Waals surface area contributed by atoms with E-state index in [4.69, 9.17) is 27.9 Å². The van der Waals surface area contributed by atoms with Gasteiger partial charge in [0.25, 0.3) is 11.7 Å². The predicted molar refractivity (Wildman–Crippen MR) is 135 cm³/mol. The molecule has 0 aromatic heterocycles. The topological polar surface area (TPSA) is 66.8 Å². The van der Waals surface area contributed by atoms with Crippen molar-refractivity contribution < 1.29 is 19.4 Å². The molecule has 1 unspecified atom stereocenters. The van der Waals surface area contributed by atoms with Gasteiger partial charge in [-0.1, -0.05) is 72.1 Å². The average Bonchev–Trinajstić information content (AvgIpc) is 3.07. The lowest BCUT2D eigenvalue weighted by Crippen LogP contribution is -2.29. The minimum absolute atomic E-state index is 0.0145. The van der Waals surface area contributed by atoms with Crippen LogP contribution >= 0.6 is 23.2 Å². The fourth-order valence-electron chi connectivity index (χ4n) is 4.04. The number of amides is 1. The van der Waals surface area contributed by atoms with Crippen molar-refractivity contribution in [1.29, 1.82) is 0 Å². The van der Waals surface area contributed by atoms with E-state index in [0.717, 1.165) is 12.0 Å². The van der Waals surface area contributed by atoms with E-state index in [1.54, 1.807) is 42.5 Å². The van der Waals surface area contributed by atoms with Gasteiger partial charge in [0.15, 0.2) is 0 Å². The Balaban J connectivity index is 1.92. The Kier molecular flexibility index (Phi) is 6.96. The van der Waals surface area contributed by atoms with E-state index in [-0.39, 0.29) is 11.3 Å². The highest BCUT2D eigenvalue weighted by molar-refractivity contribution is 6.52. The van der Waals surface area contributed by atoms with Crippen LogP contribution in [0.15, 0.2) is 72.3 Å². The van der Waals surface area contributed by atoms with Crippen LogP contribution in [0.2, 0.25) is 10.0 Å². The minimum atomic E-state index is -0.866. The number of anilines is 1. The predicted octanol–water partition coefficient (Wildman–Crippen LogP) is 6.72. The normalized spacial score (nSPS) is 17.3. The van der Waals surface area contributed by atoms with Crippen LogP contribution in [-0.4, -0.2) is 23.4 Å². The van der Waals surface area contributed by atoms with Gasteiger partial charge >= 0.3 is 0 Å². The summed E-state index contributed by atoms with van der Waals surface area (Å²) in [5.41, 5.74) is 2.36. The summed E-state index contributed by atoms with van der Waals surface area (Å²) >= 11 is 12.4. The van der Waals surface area contributed by atoms with E-state index in [1.165, 1.54) is 4.90 Å². The van der Waals surface area contributed by atoms with E-state index < -0.39 is 17.7 Å². The Bertz CT molecular complexity index is 1280. The maximum Gasteiger partial charge on any atom is 0.300 e. The fraction of sp³-hybridized carbons (Fsp3) is 0.185. The number of benzene rings is 3. The molecule has 1 heterocycles. The number of halogens is 2. The van der Waals surface area contributed by atoms with Crippen LogP contribution in [0.1, 0.15) is 36.1 Å². The molecule has 5 nitrogen and oxygen atoms in total. The van der Waals surface area contributed by atoms with Crippen LogP contribution in [0, 0.1) is 6.92 Å². The number of hydrogen-bond acceptors (Lipinski definition) is 4. The molecule has 1 aliphatic heterocycles. The van der Waals surface area contributed by atoms with Crippen molar-refractivity contribution in [2.75, 3.05) is 11.5 Å². The van der Waals surface area contributed by atoms with E-state index in [2.05, 4.69) is 0 Å². The number of aryl methyl sites for hydroxylation is 1. The van der Waals surface area contributed by atoms with Crippen LogP contribution in [-0.2, 0) is 9.59 Å². The summed E-state index contributed by atoms with van der Waals surface area (Å²) in [7, 11) is 0. The third-order valence-corrected chi connectivity index (χ3v) is 5.94. The number of ether oxygens (including phenoxy) is 1. The Hall–Kier alpha value is -3.28. The smallest absolute Gasteiger partial charge is 0.300 e. The summed E-state index contributed by atoms with van der Waals surface area (Å²) in [4.78, 5) is 27.9. The van der Waals surface area contributed by atoms with Crippen LogP contribution in [0.3, 0.4) is 0 Å². The molecular weight excluding hydrogens is 473 g/mol. The van der Waals surface area contributed by atoms with Crippen LogP contribution in [0.25, 0.3) is 5.76 Å². The summed E-state index contributed by atoms with van der Waals surface area (Å²) < 4.78 is 5.68. The van der Waals surface area contributed by atoms with Gasteiger partial charge < -0.3 is 9.84 Å². The number of Topliss-reactive ketones (excluding diaryl/α,β-unsaturated/α-hetero) is 1. The highest BCUT2D eigenvalue weighted by Gasteiger charge is 2.47. The van der Waals surface area contributed by atoms with E-state index in [9.17, 15) is 14.7 Å². The number of aliphatic hydroxyl groups excluding tert-OH is 1. The molecule has 1 N–H and O–H groups in total. The standard InChI is InChI=1S/C27H23Cl2NO4/c1-3-10-34-22-9-5-8-18(12-22)25(31)23-24(17-7-4-6-16(2)11-17)30(27(33)26(23)32)21-14-19(28)13-20(29)15-21/h4-9,11-15,24,31H,3,10H2,1-2H3/b25-23+. The highest BCUT2D eigenvalue weighted by atomic mass is 35.5. The van der Waals surface area contributed by atoms with Crippen molar-refractivity contribution in [3.63, 3.8) is 0 Å². The molecule has 34 heavy (non-hydrogen) atoms. The van der Waals surface area contributed by atoms with Crippen molar-refractivity contribution in [3.8, 4) is 5.75 Å². The first kappa shape index (κ1) is 23.9. The SMILES string of the molecule is CCCOc1cccc(/C(O)=C2\C(=O)C(=O)N(c3cc(Cl)cc(Cl)c3)C2c2cccc(C)c2)c1. The Morgan fingerprint density at radius 1 is 1.00 bits per heavy atom. The molecule has 0 bridgehead atoms. The number of ketones is 1. The highest BCUT2D eigenvalue weighted by Crippen LogP contribution is 2.43. The van der Waals surface area contributed by atoms with Gasteiger partial charge in [-0.2, -0.15) is 0 Å². The lowest BCUT2D eigenvalue weighted by Gasteiger charge is -2.26. The molecule has 0 saturated carbocycles. The number of rotatable bonds is 6. The summed E-state index contributed by atoms with van der Waals surface area (Å²) in [5.74, 6) is -1.28. The van der Waals surface area contributed by atoms with E-state index in [1.807, 2.05) is 38.1 Å². The largest absolute Gasteiger partial charge is 0.507 e. The van der Waals surface area contributed by atoms with Gasteiger partial charge in [0, 0.05) is 21.3 Å². The summed E-state index contributed by atoms with van der Waals surface area (Å²) in [6.07, 6.45) is 0.830. The van der Waals surface area contributed by atoms with E-state index >= 15 is 0 Å². The average molecular weight is 496 g/mol. The zero-order chi connectivity index (χ0) is 24.4. The number of hydrogen-bond donors (Lipinski definition) is 1. The van der Waals surface area contributed by atoms with Gasteiger partial charge in [0.05, 0.1) is 18.2 Å². The lowest BCUT2D eigenvalue weighted by atomic mass is 9.94. The summed E-state index contributed by atoms with van der Waals surface area (Å²) in [6, 6.07) is 18.1. The van der Waals surface area contributed by atoms with Crippen LogP contribution in [0.5, 0.6) is 5.75 Å². The van der Waals surface area contributed by atoms with Crippen molar-refractivity contribution in [1.82, 2.24) is 0 Å². The molecule has 1 amide bonds. The zero-order valence-electron chi connectivity index (χ0n) is 18.7. The van der Waals surface area contributed by atoms with E-state index in [0.29, 0.717) is 39.2 Å². The third kappa shape index (κ3) is 4.67. The molecule has 1 aliphatic rings. The number of carbonyl (C=O) groups excluding carboxylic acids is 2. The van der Waals surface area contributed by atoms with Gasteiger partial charge in [-0.25, -0.2) is 0 Å². The van der Waals surface area contributed by atoms with Crippen molar-refractivity contribution in [2.24, 2.45) is 0 Å². The molecule has 3 aromatic carbocycles. The molecule has 0 aliphatic carbocycles. The second-order valence-corrected chi connectivity index (χ2v) is 8.96. The molecule has 3 aromatic rings. The van der Waals surface area contributed by atoms with Gasteiger partial charge in [-0.05, 0) is 49.2 Å². The third-order valence-electron chi connectivity index (χ3n) is 5.51. The minimum Gasteiger partial charge on any atom is -0.507 e. The fourth-order valence-corrected chi connectivity index (χ4v) is 4.56. The molecule has 7 heteroatoms. The zero-order valence-corrected chi connectivity index (χ0v) is 20.2. The first-order valence-electron chi connectivity index (χ1n) is 10.9. The molecule has 4 rings (SSSR count). The number of nitrogens with zero attached hydrogens (tertiary/aromatic N) is 1. The molecular formula is C27H23Cl2NO4. The van der Waals surface area contributed by atoms with Crippen molar-refractivity contribution >= 4 is 46.3 Å². The molecule has 174 valence electrons. The van der Waals surface area contributed by atoms with Gasteiger partial charge in [-0.15, -0.1) is 0 Å². The number of aliphatic hydroxyl groups is 1. The van der Waals surface area contributed by atoms with Crippen molar-refractivity contribution in [3.05, 3.63) is 99.0 Å². The molecule has 1 atom stereocenters. The first-order valence-corrected chi connectivity index (χ1v) is 11.6. The number of carbonyl (C=O) groups is 2. The Morgan fingerprint density at radius 2 is 1.71 bits per heavy atom. The second kappa shape index (κ2) is 9.92. The summed E-state index contributed by atoms with van der Waals surface area (Å²) in [5, 5.41) is 12.0. The van der Waals surface area contributed by atoms with Crippen LogP contribution < -0.4 is 9.64 Å². The Labute approximate surface area is 208 Å². The first-order chi connectivity index (χ1) is 16.3. The van der Waals surface area contributed by atoms with Crippen LogP contribution in [0.4, 0.5) is 5.69 Å². The monoisotopic (exact) mass is 495 g/mol. The Morgan fingerprint density at radius 3 is 2.38 bits per heavy atom. The maximum atomic E-state index is 13.3. The lowest BCUT2D eigenvalue weighted by molar-refractivity contribution is -0.132. The molecule has 1 saturated heterocycles. The molecule has 0 radical (unpaired) electrons. The maximum absolute atomic E-state index is 13.3. The molecule has 1 fully saturated rings. The summed E-state index contributed by atoms with van der Waals surface area (Å²) in [6.45, 7) is 4.43. The quantitative estimate of drug-likeness (QED) is 0.234. The van der Waals surface area contributed by atoms with Crippen molar-refractivity contribution in [2.45, 2.75) is 26.3 Å². The van der Waals surface area contributed by atoms with Gasteiger partial charge in [0.2, 0.25) is 0 Å². The van der Waals surface area contributed by atoms with Gasteiger partial charge in [-0.3, -0.25) is 14.5 Å². The second-order valence-electron chi connectivity index (χ2n) is 8.09.